The maximum Gasteiger partial charge on any atom is 0.472 e. The summed E-state index contributed by atoms with van der Waals surface area (Å²) in [4.78, 5) is 51.1. The van der Waals surface area contributed by atoms with E-state index in [9.17, 15) is 74.9 Å². The zero-order valence-electron chi connectivity index (χ0n) is 61.2. The minimum atomic E-state index is -5.70. The Morgan fingerprint density at radius 2 is 0.700 bits per heavy atom. The Labute approximate surface area is 598 Å². The molecule has 25 heteroatoms. The average molecular weight is 1450 g/mol. The molecule has 1 saturated carbocycles. The maximum atomic E-state index is 14.4. The molecule has 0 spiro atoms. The third-order valence-electron chi connectivity index (χ3n) is 19.2. The van der Waals surface area contributed by atoms with Crippen LogP contribution in [-0.2, 0) is 61.2 Å². The topological polar surface area (TPSA) is 374 Å². The minimum absolute atomic E-state index is 0.0236. The van der Waals surface area contributed by atoms with Crippen LogP contribution in [0.2, 0.25) is 0 Å². The lowest BCUT2D eigenvalue weighted by molar-refractivity contribution is -0.360. The molecule has 2 aliphatic heterocycles. The molecule has 0 aromatic heterocycles. The van der Waals surface area contributed by atoms with Crippen LogP contribution in [0, 0.1) is 0 Å². The number of phosphoric ester groups is 1. The van der Waals surface area contributed by atoms with Gasteiger partial charge in [-0.15, -0.1) is 0 Å². The van der Waals surface area contributed by atoms with Crippen molar-refractivity contribution in [1.29, 1.82) is 0 Å². The van der Waals surface area contributed by atoms with Crippen molar-refractivity contribution < 1.29 is 117 Å². The lowest BCUT2D eigenvalue weighted by Crippen LogP contribution is -2.69. The highest BCUT2D eigenvalue weighted by Gasteiger charge is 2.58. The molecule has 3 fully saturated rings. The summed E-state index contributed by atoms with van der Waals surface area (Å²) < 4.78 is 65.1. The largest absolute Gasteiger partial charge is 0.472 e. The standard InChI is InChI=1S/C75H137O24P/c1-4-7-10-13-16-19-22-25-28-31-34-37-40-43-46-49-59(77)91-53-56(94-61(79)51-48-45-42-39-36-33-30-27-24-21-18-15-12-9-6-3)54-93-100(89,90)99-73-71(97-74-69(87)64(82)62(80)57(52-76)95-74)67(85)66(84)68(86)72(73)98-75-70(88)65(83)63(81)58(96-75)55-92-60(78)50-47-44-41-38-35-32-29-26-23-20-17-14-11-8-5-2/h19-20,22-23,56-58,62-76,80-88H,4-18,21,24-55H2,1-3H3,(H,89,90)/b22-19-,23-20-. The Bertz CT molecular complexity index is 2160. The Morgan fingerprint density at radius 1 is 0.380 bits per heavy atom. The summed E-state index contributed by atoms with van der Waals surface area (Å²) in [7, 11) is -5.70. The molecule has 1 aliphatic carbocycles. The summed E-state index contributed by atoms with van der Waals surface area (Å²) in [6.45, 7) is 3.44. The van der Waals surface area contributed by atoms with Crippen LogP contribution in [0.4, 0.5) is 0 Å². The van der Waals surface area contributed by atoms with Crippen LogP contribution in [0.1, 0.15) is 303 Å². The SMILES string of the molecule is CCCCCC/C=C\CCCCCCCCCC(=O)OCC(COP(=O)(O)OC1C(OC2OC(CO)C(O)C(O)C2O)C(O)C(O)C(O)C1OC1OC(COC(=O)CCCCCCCCC/C=C\CCCCCC)C(O)C(O)C1O)OC(=O)CCCCCCCCCCCCCCCCC. The zero-order chi connectivity index (χ0) is 73.2. The molecule has 0 amide bonds. The number of esters is 3. The van der Waals surface area contributed by atoms with Crippen molar-refractivity contribution >= 4 is 25.7 Å². The number of hydrogen-bond donors (Lipinski definition) is 11. The van der Waals surface area contributed by atoms with Gasteiger partial charge in [0.15, 0.2) is 18.7 Å². The number of aliphatic hydroxyl groups excluding tert-OH is 10. The first-order chi connectivity index (χ1) is 48.3. The molecule has 586 valence electrons. The molecule has 100 heavy (non-hydrogen) atoms. The number of allylic oxidation sites excluding steroid dienone is 4. The van der Waals surface area contributed by atoms with Gasteiger partial charge in [0, 0.05) is 19.3 Å². The Kier molecular flexibility index (Phi) is 52.0. The van der Waals surface area contributed by atoms with Crippen molar-refractivity contribution in [2.75, 3.05) is 26.4 Å². The maximum absolute atomic E-state index is 14.4. The Hall–Kier alpha value is -2.56. The molecular formula is C75H137O24P. The van der Waals surface area contributed by atoms with Crippen molar-refractivity contribution in [1.82, 2.24) is 0 Å². The quantitative estimate of drug-likeness (QED) is 0.00886. The van der Waals surface area contributed by atoms with Crippen LogP contribution in [0.3, 0.4) is 0 Å². The molecule has 0 radical (unpaired) electrons. The molecule has 3 aliphatic rings. The van der Waals surface area contributed by atoms with E-state index in [0.29, 0.717) is 19.3 Å². The number of rotatable bonds is 61. The van der Waals surface area contributed by atoms with Crippen molar-refractivity contribution in [3.05, 3.63) is 24.3 Å². The first-order valence-corrected chi connectivity index (χ1v) is 40.6. The van der Waals surface area contributed by atoms with Crippen LogP contribution in [0.15, 0.2) is 24.3 Å². The van der Waals surface area contributed by atoms with Crippen LogP contribution < -0.4 is 0 Å². The van der Waals surface area contributed by atoms with Gasteiger partial charge in [-0.1, -0.05) is 238 Å². The van der Waals surface area contributed by atoms with E-state index in [-0.39, 0.29) is 19.3 Å². The van der Waals surface area contributed by atoms with E-state index >= 15 is 0 Å². The predicted octanol–water partition coefficient (Wildman–Crippen LogP) is 11.3. The smallest absolute Gasteiger partial charge is 0.463 e. The van der Waals surface area contributed by atoms with E-state index in [0.717, 1.165) is 135 Å². The van der Waals surface area contributed by atoms with Crippen LogP contribution >= 0.6 is 7.82 Å². The highest BCUT2D eigenvalue weighted by Crippen LogP contribution is 2.49. The fourth-order valence-electron chi connectivity index (χ4n) is 12.8. The number of aliphatic hydroxyl groups is 10. The molecule has 3 rings (SSSR count). The molecule has 24 nitrogen and oxygen atoms in total. The second-order valence-corrected chi connectivity index (χ2v) is 29.5. The van der Waals surface area contributed by atoms with E-state index in [1.165, 1.54) is 109 Å². The van der Waals surface area contributed by atoms with Gasteiger partial charge in [0.2, 0.25) is 0 Å². The number of hydrogen-bond acceptors (Lipinski definition) is 23. The number of carbonyl (C=O) groups excluding carboxylic acids is 3. The summed E-state index contributed by atoms with van der Waals surface area (Å²) in [5.74, 6) is -1.99. The van der Waals surface area contributed by atoms with E-state index in [4.69, 9.17) is 42.2 Å². The first kappa shape index (κ1) is 91.6. The Morgan fingerprint density at radius 3 is 1.09 bits per heavy atom. The lowest BCUT2D eigenvalue weighted by atomic mass is 9.84. The summed E-state index contributed by atoms with van der Waals surface area (Å²) in [5.41, 5.74) is 0. The van der Waals surface area contributed by atoms with E-state index in [1.807, 2.05) is 0 Å². The molecule has 2 heterocycles. The lowest BCUT2D eigenvalue weighted by Gasteiger charge is -2.49. The van der Waals surface area contributed by atoms with Gasteiger partial charge in [0.05, 0.1) is 13.2 Å². The highest BCUT2D eigenvalue weighted by molar-refractivity contribution is 7.47. The summed E-state index contributed by atoms with van der Waals surface area (Å²) in [6, 6.07) is 0. The zero-order valence-corrected chi connectivity index (χ0v) is 62.1. The number of phosphoric acid groups is 1. The van der Waals surface area contributed by atoms with Crippen LogP contribution in [0.25, 0.3) is 0 Å². The van der Waals surface area contributed by atoms with Crippen molar-refractivity contribution in [2.45, 2.75) is 407 Å². The normalized spacial score (nSPS) is 27.4. The van der Waals surface area contributed by atoms with E-state index in [2.05, 4.69) is 45.1 Å². The average Bonchev–Trinajstić information content (AvgIpc) is 0.762. The van der Waals surface area contributed by atoms with Gasteiger partial charge in [-0.2, -0.15) is 0 Å². The van der Waals surface area contributed by atoms with Gasteiger partial charge in [-0.05, 0) is 70.6 Å². The molecule has 11 N–H and O–H groups in total. The van der Waals surface area contributed by atoms with Gasteiger partial charge in [0.1, 0.15) is 98.7 Å². The minimum Gasteiger partial charge on any atom is -0.463 e. The van der Waals surface area contributed by atoms with E-state index < -0.39 is 156 Å². The molecule has 2 saturated heterocycles. The third-order valence-corrected chi connectivity index (χ3v) is 20.2. The van der Waals surface area contributed by atoms with Crippen molar-refractivity contribution in [3.8, 4) is 0 Å². The summed E-state index contributed by atoms with van der Waals surface area (Å²) in [5, 5.41) is 110. The van der Waals surface area contributed by atoms with Crippen molar-refractivity contribution in [2.24, 2.45) is 0 Å². The molecule has 18 unspecified atom stereocenters. The van der Waals surface area contributed by atoms with Gasteiger partial charge in [0.25, 0.3) is 0 Å². The monoisotopic (exact) mass is 1450 g/mol. The second kappa shape index (κ2) is 56.7. The number of unbranched alkanes of at least 4 members (excludes halogenated alkanes) is 36. The Balaban J connectivity index is 1.72. The molecule has 0 aromatic rings. The third kappa shape index (κ3) is 39.2. The number of carbonyl (C=O) groups is 3. The predicted molar refractivity (Wildman–Crippen MR) is 379 cm³/mol. The molecule has 0 aromatic carbocycles. The van der Waals surface area contributed by atoms with Crippen molar-refractivity contribution in [3.63, 3.8) is 0 Å². The molecule has 18 atom stereocenters. The molecule has 0 bridgehead atoms. The number of ether oxygens (including phenoxy) is 7. The van der Waals surface area contributed by atoms with Crippen LogP contribution in [-0.4, -0.2) is 204 Å². The highest BCUT2D eigenvalue weighted by atomic mass is 31.2. The second-order valence-electron chi connectivity index (χ2n) is 28.1. The fraction of sp³-hybridized carbons (Fsp3) is 0.907. The van der Waals surface area contributed by atoms with Gasteiger partial charge >= 0.3 is 25.7 Å². The summed E-state index contributed by atoms with van der Waals surface area (Å²) >= 11 is 0. The van der Waals surface area contributed by atoms with Gasteiger partial charge < -0.3 is 89.1 Å². The summed E-state index contributed by atoms with van der Waals surface area (Å²) in [6.07, 6.45) is 17.9. The van der Waals surface area contributed by atoms with E-state index in [1.54, 1.807) is 0 Å². The van der Waals surface area contributed by atoms with Gasteiger partial charge in [-0.25, -0.2) is 4.57 Å². The van der Waals surface area contributed by atoms with Crippen LogP contribution in [0.5, 0.6) is 0 Å². The first-order valence-electron chi connectivity index (χ1n) is 39.1. The fourth-order valence-corrected chi connectivity index (χ4v) is 13.8. The molecular weight excluding hydrogens is 1320 g/mol. The van der Waals surface area contributed by atoms with Gasteiger partial charge in [-0.3, -0.25) is 23.4 Å².